The first-order valence-electron chi connectivity index (χ1n) is 5.88. The fraction of sp³-hybridized carbons (Fsp3) is 0.143. The summed E-state index contributed by atoms with van der Waals surface area (Å²) in [5.74, 6) is -0.234. The second kappa shape index (κ2) is 4.91. The van der Waals surface area contributed by atoms with Gasteiger partial charge < -0.3 is 10.6 Å². The predicted molar refractivity (Wildman–Crippen MR) is 77.7 cm³/mol. The Morgan fingerprint density at radius 2 is 1.63 bits per heavy atom. The van der Waals surface area contributed by atoms with Crippen LogP contribution in [0.2, 0.25) is 10.0 Å². The SMILES string of the molecule is Fc1ccc([C@@H]2CNc3cc(Cl)c(Cl)cc3N2)cc1. The van der Waals surface area contributed by atoms with E-state index in [2.05, 4.69) is 10.6 Å². The Hall–Kier alpha value is -1.45. The summed E-state index contributed by atoms with van der Waals surface area (Å²) in [6, 6.07) is 10.1. The maximum atomic E-state index is 12.9. The third-order valence-corrected chi connectivity index (χ3v) is 3.88. The fourth-order valence-corrected chi connectivity index (χ4v) is 2.49. The molecule has 2 N–H and O–H groups in total. The minimum atomic E-state index is -0.234. The lowest BCUT2D eigenvalue weighted by atomic mass is 10.0. The van der Waals surface area contributed by atoms with Gasteiger partial charge in [-0.05, 0) is 29.8 Å². The van der Waals surface area contributed by atoms with E-state index >= 15 is 0 Å². The quantitative estimate of drug-likeness (QED) is 0.796. The van der Waals surface area contributed by atoms with E-state index in [1.165, 1.54) is 12.1 Å². The standard InChI is InChI=1S/C14H11Cl2FN2/c15-10-5-12-13(6-11(10)16)19-14(7-18-12)8-1-3-9(17)4-2-8/h1-6,14,18-19H,7H2/t14-/m0/s1. The molecule has 0 aromatic heterocycles. The monoisotopic (exact) mass is 296 g/mol. The molecule has 1 aliphatic rings. The molecule has 5 heteroatoms. The number of fused-ring (bicyclic) bond motifs is 1. The molecule has 0 bridgehead atoms. The largest absolute Gasteiger partial charge is 0.381 e. The Balaban J connectivity index is 1.89. The molecule has 2 aromatic carbocycles. The first-order chi connectivity index (χ1) is 9.13. The molecule has 2 aromatic rings. The highest BCUT2D eigenvalue weighted by Gasteiger charge is 2.19. The Kier molecular flexibility index (Phi) is 3.25. The molecule has 3 rings (SSSR count). The lowest BCUT2D eigenvalue weighted by Crippen LogP contribution is -2.25. The van der Waals surface area contributed by atoms with Gasteiger partial charge in [0.2, 0.25) is 0 Å². The minimum absolute atomic E-state index is 0.0744. The number of hydrogen-bond donors (Lipinski definition) is 2. The van der Waals surface area contributed by atoms with Crippen molar-refractivity contribution in [3.05, 3.63) is 57.8 Å². The van der Waals surface area contributed by atoms with Crippen LogP contribution in [0.5, 0.6) is 0 Å². The minimum Gasteiger partial charge on any atom is -0.381 e. The Bertz CT molecular complexity index is 614. The number of rotatable bonds is 1. The summed E-state index contributed by atoms with van der Waals surface area (Å²) in [7, 11) is 0. The van der Waals surface area contributed by atoms with Crippen molar-refractivity contribution >= 4 is 34.6 Å². The molecular formula is C14H11Cl2FN2. The molecule has 0 saturated heterocycles. The average molecular weight is 297 g/mol. The highest BCUT2D eigenvalue weighted by Crippen LogP contribution is 2.37. The summed E-state index contributed by atoms with van der Waals surface area (Å²) in [5, 5.41) is 7.70. The molecule has 98 valence electrons. The third-order valence-electron chi connectivity index (χ3n) is 3.16. The van der Waals surface area contributed by atoms with Crippen LogP contribution in [-0.4, -0.2) is 6.54 Å². The normalized spacial score (nSPS) is 17.3. The zero-order chi connectivity index (χ0) is 13.4. The predicted octanol–water partition coefficient (Wildman–Crippen LogP) is 4.71. The van der Waals surface area contributed by atoms with Crippen molar-refractivity contribution in [3.8, 4) is 0 Å². The van der Waals surface area contributed by atoms with Crippen molar-refractivity contribution < 1.29 is 4.39 Å². The van der Waals surface area contributed by atoms with Crippen molar-refractivity contribution in [2.24, 2.45) is 0 Å². The van der Waals surface area contributed by atoms with Gasteiger partial charge in [0.05, 0.1) is 27.5 Å². The Labute approximate surface area is 120 Å². The fourth-order valence-electron chi connectivity index (χ4n) is 2.16. The van der Waals surface area contributed by atoms with Gasteiger partial charge in [-0.2, -0.15) is 0 Å². The maximum absolute atomic E-state index is 12.9. The van der Waals surface area contributed by atoms with Crippen molar-refractivity contribution in [3.63, 3.8) is 0 Å². The van der Waals surface area contributed by atoms with Gasteiger partial charge in [-0.1, -0.05) is 35.3 Å². The van der Waals surface area contributed by atoms with Gasteiger partial charge in [0, 0.05) is 6.54 Å². The zero-order valence-electron chi connectivity index (χ0n) is 9.88. The average Bonchev–Trinajstić information content (AvgIpc) is 2.40. The number of nitrogens with one attached hydrogen (secondary N) is 2. The molecule has 2 nitrogen and oxygen atoms in total. The van der Waals surface area contributed by atoms with Gasteiger partial charge in [-0.3, -0.25) is 0 Å². The Morgan fingerprint density at radius 3 is 2.32 bits per heavy atom. The van der Waals surface area contributed by atoms with Crippen LogP contribution in [0, 0.1) is 5.82 Å². The second-order valence-corrected chi connectivity index (χ2v) is 5.26. The van der Waals surface area contributed by atoms with E-state index < -0.39 is 0 Å². The van der Waals surface area contributed by atoms with Crippen LogP contribution in [0.15, 0.2) is 36.4 Å². The van der Waals surface area contributed by atoms with Gasteiger partial charge >= 0.3 is 0 Å². The molecule has 0 fully saturated rings. The molecule has 0 amide bonds. The summed E-state index contributed by atoms with van der Waals surface area (Å²) in [6.07, 6.45) is 0. The van der Waals surface area contributed by atoms with Gasteiger partial charge in [-0.25, -0.2) is 4.39 Å². The zero-order valence-corrected chi connectivity index (χ0v) is 11.4. The lowest BCUT2D eigenvalue weighted by molar-refractivity contribution is 0.626. The molecule has 0 radical (unpaired) electrons. The molecular weight excluding hydrogens is 286 g/mol. The summed E-state index contributed by atoms with van der Waals surface area (Å²) in [6.45, 7) is 0.705. The maximum Gasteiger partial charge on any atom is 0.123 e. The Morgan fingerprint density at radius 1 is 1.00 bits per heavy atom. The lowest BCUT2D eigenvalue weighted by Gasteiger charge is -2.29. The van der Waals surface area contributed by atoms with E-state index in [1.54, 1.807) is 24.3 Å². The third kappa shape index (κ3) is 2.48. The van der Waals surface area contributed by atoms with E-state index in [4.69, 9.17) is 23.2 Å². The smallest absolute Gasteiger partial charge is 0.123 e. The van der Waals surface area contributed by atoms with E-state index in [-0.39, 0.29) is 11.9 Å². The molecule has 0 aliphatic carbocycles. The van der Waals surface area contributed by atoms with Crippen LogP contribution in [0.3, 0.4) is 0 Å². The van der Waals surface area contributed by atoms with Crippen LogP contribution in [0.1, 0.15) is 11.6 Å². The van der Waals surface area contributed by atoms with Gasteiger partial charge in [0.1, 0.15) is 5.82 Å². The molecule has 0 unspecified atom stereocenters. The summed E-state index contributed by atoms with van der Waals surface area (Å²) in [4.78, 5) is 0. The number of anilines is 2. The molecule has 1 aliphatic heterocycles. The molecule has 0 spiro atoms. The van der Waals surface area contributed by atoms with Crippen LogP contribution in [0.25, 0.3) is 0 Å². The van der Waals surface area contributed by atoms with Crippen LogP contribution >= 0.6 is 23.2 Å². The van der Waals surface area contributed by atoms with Gasteiger partial charge in [0.25, 0.3) is 0 Å². The topological polar surface area (TPSA) is 24.1 Å². The van der Waals surface area contributed by atoms with Crippen molar-refractivity contribution in [2.75, 3.05) is 17.2 Å². The highest BCUT2D eigenvalue weighted by atomic mass is 35.5. The highest BCUT2D eigenvalue weighted by molar-refractivity contribution is 6.42. The number of halogens is 3. The second-order valence-electron chi connectivity index (χ2n) is 4.44. The first kappa shape index (κ1) is 12.6. The number of benzene rings is 2. The van der Waals surface area contributed by atoms with Gasteiger partial charge in [0.15, 0.2) is 0 Å². The van der Waals surface area contributed by atoms with Crippen LogP contribution in [0.4, 0.5) is 15.8 Å². The summed E-state index contributed by atoms with van der Waals surface area (Å²) < 4.78 is 12.9. The van der Waals surface area contributed by atoms with Gasteiger partial charge in [-0.15, -0.1) is 0 Å². The van der Waals surface area contributed by atoms with E-state index in [9.17, 15) is 4.39 Å². The van der Waals surface area contributed by atoms with E-state index in [0.29, 0.717) is 16.6 Å². The summed E-state index contributed by atoms with van der Waals surface area (Å²) >= 11 is 12.0. The molecule has 1 atom stereocenters. The van der Waals surface area contributed by atoms with Crippen molar-refractivity contribution in [1.29, 1.82) is 0 Å². The van der Waals surface area contributed by atoms with Crippen molar-refractivity contribution in [1.82, 2.24) is 0 Å². The van der Waals surface area contributed by atoms with E-state index in [1.807, 2.05) is 0 Å². The molecule has 1 heterocycles. The van der Waals surface area contributed by atoms with Crippen LogP contribution < -0.4 is 10.6 Å². The van der Waals surface area contributed by atoms with E-state index in [0.717, 1.165) is 16.9 Å². The first-order valence-corrected chi connectivity index (χ1v) is 6.64. The van der Waals surface area contributed by atoms with Crippen molar-refractivity contribution in [2.45, 2.75) is 6.04 Å². The molecule has 0 saturated carbocycles. The summed E-state index contributed by atoms with van der Waals surface area (Å²) in [5.41, 5.74) is 2.84. The molecule has 19 heavy (non-hydrogen) atoms. The number of hydrogen-bond acceptors (Lipinski definition) is 2. The van der Waals surface area contributed by atoms with Crippen LogP contribution in [-0.2, 0) is 0 Å².